The number of hydrogen-bond acceptors (Lipinski definition) is 3. The van der Waals surface area contributed by atoms with Crippen molar-refractivity contribution in [3.05, 3.63) is 28.1 Å². The molecule has 0 bridgehead atoms. The lowest BCUT2D eigenvalue weighted by Crippen LogP contribution is -2.25. The number of anilines is 1. The molecule has 2 aromatic rings. The van der Waals surface area contributed by atoms with Crippen LogP contribution in [0.4, 0.5) is 19.0 Å². The number of nitrogens with zero attached hydrogens (tertiary/aromatic N) is 4. The van der Waals surface area contributed by atoms with Gasteiger partial charge in [0.25, 0.3) is 0 Å². The number of nitrogens with one attached hydrogen (secondary N) is 1. The first-order valence-corrected chi connectivity index (χ1v) is 7.03. The number of aromatic nitrogens is 4. The van der Waals surface area contributed by atoms with Crippen molar-refractivity contribution in [3.63, 3.8) is 0 Å². The topological polar surface area (TPSA) is 64.7 Å². The van der Waals surface area contributed by atoms with Crippen LogP contribution >= 0.6 is 15.9 Å². The minimum absolute atomic E-state index is 0.169. The Morgan fingerprint density at radius 3 is 2.50 bits per heavy atom. The van der Waals surface area contributed by atoms with Crippen molar-refractivity contribution in [2.45, 2.75) is 26.1 Å². The van der Waals surface area contributed by atoms with Gasteiger partial charge in [0.05, 0.1) is 10.2 Å². The minimum atomic E-state index is -4.59. The summed E-state index contributed by atoms with van der Waals surface area (Å²) in [6, 6.07) is 0.659. The van der Waals surface area contributed by atoms with Gasteiger partial charge in [0, 0.05) is 19.3 Å². The second-order valence-electron chi connectivity index (χ2n) is 4.73. The molecular formula is C12H13BrF3N5O. The van der Waals surface area contributed by atoms with E-state index in [0.717, 1.165) is 4.68 Å². The van der Waals surface area contributed by atoms with Crippen molar-refractivity contribution in [3.8, 4) is 0 Å². The molecule has 6 nitrogen and oxygen atoms in total. The quantitative estimate of drug-likeness (QED) is 0.891. The molecule has 0 aromatic carbocycles. The van der Waals surface area contributed by atoms with Gasteiger partial charge in [-0.2, -0.15) is 23.4 Å². The van der Waals surface area contributed by atoms with Crippen LogP contribution in [0.3, 0.4) is 0 Å². The van der Waals surface area contributed by atoms with Crippen LogP contribution in [0.1, 0.15) is 24.4 Å². The van der Waals surface area contributed by atoms with E-state index in [1.165, 1.54) is 18.5 Å². The van der Waals surface area contributed by atoms with E-state index < -0.39 is 23.8 Å². The van der Waals surface area contributed by atoms with Gasteiger partial charge < -0.3 is 5.32 Å². The zero-order valence-corrected chi connectivity index (χ0v) is 13.5. The monoisotopic (exact) mass is 379 g/mol. The van der Waals surface area contributed by atoms with Crippen LogP contribution in [0.5, 0.6) is 0 Å². The van der Waals surface area contributed by atoms with E-state index in [2.05, 4.69) is 31.4 Å². The van der Waals surface area contributed by atoms with Crippen molar-refractivity contribution >= 4 is 27.7 Å². The van der Waals surface area contributed by atoms with Gasteiger partial charge in [0.2, 0.25) is 5.91 Å². The van der Waals surface area contributed by atoms with Crippen LogP contribution in [0.2, 0.25) is 0 Å². The third-order valence-electron chi connectivity index (χ3n) is 3.06. The fourth-order valence-electron chi connectivity index (χ4n) is 1.88. The van der Waals surface area contributed by atoms with Crippen molar-refractivity contribution < 1.29 is 18.0 Å². The molecule has 0 aliphatic rings. The average Bonchev–Trinajstić information content (AvgIpc) is 2.93. The highest BCUT2D eigenvalue weighted by atomic mass is 79.9. The lowest BCUT2D eigenvalue weighted by atomic mass is 10.3. The van der Waals surface area contributed by atoms with Gasteiger partial charge in [0.1, 0.15) is 6.04 Å². The van der Waals surface area contributed by atoms with Crippen molar-refractivity contribution in [2.24, 2.45) is 7.05 Å². The van der Waals surface area contributed by atoms with E-state index in [1.807, 2.05) is 0 Å². The number of aryl methyl sites for hydroxylation is 1. The molecule has 0 unspecified atom stereocenters. The fourth-order valence-corrected chi connectivity index (χ4v) is 2.37. The molecule has 0 saturated heterocycles. The van der Waals surface area contributed by atoms with Crippen molar-refractivity contribution in [2.75, 3.05) is 5.32 Å². The zero-order chi connectivity index (χ0) is 16.7. The molecule has 2 aromatic heterocycles. The Morgan fingerprint density at radius 1 is 1.41 bits per heavy atom. The Balaban J connectivity index is 2.25. The predicted octanol–water partition coefficient (Wildman–Crippen LogP) is 2.91. The van der Waals surface area contributed by atoms with Crippen LogP contribution in [0.15, 0.2) is 16.7 Å². The van der Waals surface area contributed by atoms with Gasteiger partial charge in [-0.15, -0.1) is 0 Å². The normalized spacial score (nSPS) is 13.2. The fraction of sp³-hybridized carbons (Fsp3) is 0.417. The third-order valence-corrected chi connectivity index (χ3v) is 4.01. The Bertz CT molecular complexity index is 706. The average molecular weight is 380 g/mol. The lowest BCUT2D eigenvalue weighted by molar-refractivity contribution is -0.142. The summed E-state index contributed by atoms with van der Waals surface area (Å²) in [5, 5.41) is 10.0. The van der Waals surface area contributed by atoms with Crippen molar-refractivity contribution in [1.82, 2.24) is 19.6 Å². The van der Waals surface area contributed by atoms with E-state index in [0.29, 0.717) is 5.82 Å². The molecule has 0 aliphatic carbocycles. The highest BCUT2D eigenvalue weighted by molar-refractivity contribution is 9.10. The van der Waals surface area contributed by atoms with E-state index in [1.54, 1.807) is 19.3 Å². The second-order valence-corrected chi connectivity index (χ2v) is 5.52. The van der Waals surface area contributed by atoms with E-state index >= 15 is 0 Å². The maximum atomic E-state index is 12.8. The minimum Gasteiger partial charge on any atom is -0.307 e. The maximum absolute atomic E-state index is 12.8. The molecule has 0 saturated carbocycles. The van der Waals surface area contributed by atoms with Gasteiger partial charge in [-0.1, -0.05) is 0 Å². The molecule has 0 aliphatic heterocycles. The maximum Gasteiger partial charge on any atom is 0.436 e. The number of carbonyl (C=O) groups is 1. The van der Waals surface area contributed by atoms with E-state index in [4.69, 9.17) is 0 Å². The molecule has 1 atom stereocenters. The largest absolute Gasteiger partial charge is 0.436 e. The number of alkyl halides is 3. The molecular weight excluding hydrogens is 367 g/mol. The van der Waals surface area contributed by atoms with E-state index in [-0.39, 0.29) is 10.2 Å². The highest BCUT2D eigenvalue weighted by Gasteiger charge is 2.38. The molecule has 0 radical (unpaired) electrons. The molecule has 0 fully saturated rings. The predicted molar refractivity (Wildman–Crippen MR) is 76.2 cm³/mol. The number of amides is 1. The first kappa shape index (κ1) is 16.5. The summed E-state index contributed by atoms with van der Waals surface area (Å²) in [4.78, 5) is 12.1. The molecule has 120 valence electrons. The molecule has 1 amide bonds. The number of rotatable bonds is 3. The summed E-state index contributed by atoms with van der Waals surface area (Å²) in [6.45, 7) is 2.92. The van der Waals surface area contributed by atoms with Crippen LogP contribution in [-0.4, -0.2) is 25.5 Å². The van der Waals surface area contributed by atoms with Gasteiger partial charge in [-0.05, 0) is 29.8 Å². The molecule has 2 heterocycles. The van der Waals surface area contributed by atoms with Gasteiger partial charge in [-0.3, -0.25) is 14.2 Å². The molecule has 2 rings (SSSR count). The number of carbonyl (C=O) groups excluding carboxylic acids is 1. The number of hydrogen-bond donors (Lipinski definition) is 1. The zero-order valence-electron chi connectivity index (χ0n) is 11.9. The molecule has 10 heteroatoms. The molecule has 0 spiro atoms. The first-order valence-electron chi connectivity index (χ1n) is 6.23. The summed E-state index contributed by atoms with van der Waals surface area (Å²) >= 11 is 2.87. The molecule has 22 heavy (non-hydrogen) atoms. The van der Waals surface area contributed by atoms with Crippen LogP contribution in [0, 0.1) is 6.92 Å². The van der Waals surface area contributed by atoms with E-state index in [9.17, 15) is 18.0 Å². The first-order chi connectivity index (χ1) is 10.1. The summed E-state index contributed by atoms with van der Waals surface area (Å²) in [7, 11) is 1.68. The van der Waals surface area contributed by atoms with Crippen LogP contribution in [-0.2, 0) is 18.0 Å². The highest BCUT2D eigenvalue weighted by Crippen LogP contribution is 2.36. The SMILES string of the molecule is Cc1c(Br)c(C(F)(F)F)nn1[C@H](C)C(=O)Nc1ccn(C)n1. The van der Waals surface area contributed by atoms with Gasteiger partial charge >= 0.3 is 6.18 Å². The standard InChI is InChI=1S/C12H13BrF3N5O/c1-6-9(13)10(12(14,15)16)19-21(6)7(2)11(22)17-8-4-5-20(3)18-8/h4-5,7H,1-3H3,(H,17,18,22)/t7-/m1/s1. The lowest BCUT2D eigenvalue weighted by Gasteiger charge is -2.13. The summed E-state index contributed by atoms with van der Waals surface area (Å²) in [5.74, 6) is -0.190. The second kappa shape index (κ2) is 5.75. The molecule has 1 N–H and O–H groups in total. The van der Waals surface area contributed by atoms with Crippen LogP contribution in [0.25, 0.3) is 0 Å². The Morgan fingerprint density at radius 2 is 2.05 bits per heavy atom. The summed E-state index contributed by atoms with van der Waals surface area (Å²) in [6.07, 6.45) is -2.95. The summed E-state index contributed by atoms with van der Waals surface area (Å²) < 4.78 is 40.9. The third kappa shape index (κ3) is 3.16. The van der Waals surface area contributed by atoms with Crippen LogP contribution < -0.4 is 5.32 Å². The van der Waals surface area contributed by atoms with Gasteiger partial charge in [-0.25, -0.2) is 0 Å². The van der Waals surface area contributed by atoms with Gasteiger partial charge in [0.15, 0.2) is 11.5 Å². The van der Waals surface area contributed by atoms with Crippen molar-refractivity contribution in [1.29, 1.82) is 0 Å². The summed E-state index contributed by atoms with van der Waals surface area (Å²) in [5.41, 5.74) is -0.835. The Kier molecular flexibility index (Phi) is 4.32. The smallest absolute Gasteiger partial charge is 0.307 e. The number of halogens is 4. The Labute approximate surface area is 132 Å². The Hall–Kier alpha value is -1.84.